The van der Waals surface area contributed by atoms with Crippen LogP contribution in [0.25, 0.3) is 21.5 Å². The third-order valence-electron chi connectivity index (χ3n) is 5.39. The topological polar surface area (TPSA) is 79.3 Å². The summed E-state index contributed by atoms with van der Waals surface area (Å²) in [6, 6.07) is 19.0. The van der Waals surface area contributed by atoms with Crippen LogP contribution in [0.3, 0.4) is 0 Å². The molecule has 1 aliphatic heterocycles. The fourth-order valence-corrected chi connectivity index (χ4v) is 6.13. The largest absolute Gasteiger partial charge is 0.352 e. The van der Waals surface area contributed by atoms with Gasteiger partial charge in [0, 0.05) is 31.7 Å². The molecule has 1 saturated heterocycles. The number of piperazine rings is 1. The summed E-state index contributed by atoms with van der Waals surface area (Å²) >= 11 is 1.51. The van der Waals surface area contributed by atoms with Gasteiger partial charge >= 0.3 is 0 Å². The van der Waals surface area contributed by atoms with Crippen molar-refractivity contribution in [2.45, 2.75) is 11.8 Å². The van der Waals surface area contributed by atoms with Gasteiger partial charge < -0.3 is 4.90 Å². The van der Waals surface area contributed by atoms with E-state index in [0.29, 0.717) is 31.1 Å². The number of thiazole rings is 1. The minimum atomic E-state index is -3.54. The van der Waals surface area contributed by atoms with Crippen molar-refractivity contribution in [1.82, 2.24) is 19.5 Å². The summed E-state index contributed by atoms with van der Waals surface area (Å²) in [5.74, 6) is 0.762. The fraction of sp³-hybridized carbons (Fsp3) is 0.227. The lowest BCUT2D eigenvalue weighted by Gasteiger charge is -2.34. The summed E-state index contributed by atoms with van der Waals surface area (Å²) in [6.07, 6.45) is 0. The van der Waals surface area contributed by atoms with Crippen LogP contribution in [0, 0.1) is 6.92 Å². The quantitative estimate of drug-likeness (QED) is 0.472. The SMILES string of the molecule is Cc1nc2ccc(S(=O)(=O)N3CCN(c4ccc(-c5ccccc5)nn4)CC3)cc2s1. The Kier molecular flexibility index (Phi) is 5.17. The molecule has 0 radical (unpaired) electrons. The molecular weight excluding hydrogens is 430 g/mol. The lowest BCUT2D eigenvalue weighted by molar-refractivity contribution is 0.383. The van der Waals surface area contributed by atoms with E-state index in [1.54, 1.807) is 22.5 Å². The molecule has 3 heterocycles. The number of sulfonamides is 1. The maximum Gasteiger partial charge on any atom is 0.243 e. The second-order valence-corrected chi connectivity index (χ2v) is 10.6. The molecule has 1 aliphatic rings. The number of benzene rings is 2. The third-order valence-corrected chi connectivity index (χ3v) is 8.22. The van der Waals surface area contributed by atoms with Crippen molar-refractivity contribution >= 4 is 37.4 Å². The Morgan fingerprint density at radius 1 is 0.903 bits per heavy atom. The highest BCUT2D eigenvalue weighted by molar-refractivity contribution is 7.89. The molecule has 1 fully saturated rings. The van der Waals surface area contributed by atoms with Crippen LogP contribution in [0.2, 0.25) is 0 Å². The zero-order valence-corrected chi connectivity index (χ0v) is 18.6. The lowest BCUT2D eigenvalue weighted by atomic mass is 10.1. The Labute approximate surface area is 185 Å². The van der Waals surface area contributed by atoms with E-state index in [1.165, 1.54) is 11.3 Å². The summed E-state index contributed by atoms with van der Waals surface area (Å²) in [7, 11) is -3.54. The van der Waals surface area contributed by atoms with Crippen LogP contribution in [-0.2, 0) is 10.0 Å². The number of hydrogen-bond acceptors (Lipinski definition) is 7. The smallest absolute Gasteiger partial charge is 0.243 e. The monoisotopic (exact) mass is 451 g/mol. The summed E-state index contributed by atoms with van der Waals surface area (Å²) in [5, 5.41) is 9.63. The Morgan fingerprint density at radius 3 is 2.39 bits per heavy atom. The van der Waals surface area contributed by atoms with Gasteiger partial charge in [0.2, 0.25) is 10.0 Å². The van der Waals surface area contributed by atoms with E-state index in [0.717, 1.165) is 32.3 Å². The molecule has 0 unspecified atom stereocenters. The molecule has 9 heteroatoms. The van der Waals surface area contributed by atoms with E-state index in [9.17, 15) is 8.42 Å². The predicted octanol–water partition coefficient (Wildman–Crippen LogP) is 3.57. The molecule has 2 aromatic carbocycles. The van der Waals surface area contributed by atoms with Crippen LogP contribution in [-0.4, -0.2) is 54.1 Å². The van der Waals surface area contributed by atoms with Gasteiger partial charge in [-0.3, -0.25) is 0 Å². The van der Waals surface area contributed by atoms with E-state index in [1.807, 2.05) is 49.4 Å². The zero-order chi connectivity index (χ0) is 21.4. The van der Waals surface area contributed by atoms with Crippen LogP contribution < -0.4 is 4.90 Å². The Balaban J connectivity index is 1.29. The maximum atomic E-state index is 13.1. The molecule has 0 N–H and O–H groups in total. The number of aryl methyl sites for hydroxylation is 1. The molecular formula is C22H21N5O2S2. The van der Waals surface area contributed by atoms with Crippen molar-refractivity contribution in [2.24, 2.45) is 0 Å². The predicted molar refractivity (Wildman–Crippen MR) is 123 cm³/mol. The molecule has 0 saturated carbocycles. The van der Waals surface area contributed by atoms with Gasteiger partial charge in [0.05, 0.1) is 25.8 Å². The van der Waals surface area contributed by atoms with Crippen LogP contribution in [0.5, 0.6) is 0 Å². The second-order valence-electron chi connectivity index (χ2n) is 7.40. The first kappa shape index (κ1) is 20.0. The van der Waals surface area contributed by atoms with Crippen molar-refractivity contribution in [3.05, 3.63) is 65.7 Å². The van der Waals surface area contributed by atoms with Gasteiger partial charge in [-0.2, -0.15) is 4.31 Å². The molecule has 0 spiro atoms. The number of fused-ring (bicyclic) bond motifs is 1. The van der Waals surface area contributed by atoms with Gasteiger partial charge in [-0.25, -0.2) is 13.4 Å². The fourth-order valence-electron chi connectivity index (χ4n) is 3.74. The van der Waals surface area contributed by atoms with E-state index >= 15 is 0 Å². The standard InChI is InChI=1S/C22H21N5O2S2/c1-16-23-20-8-7-18(15-21(20)30-16)31(28,29)27-13-11-26(12-14-27)22-10-9-19(24-25-22)17-5-3-2-4-6-17/h2-10,15H,11-14H2,1H3. The first-order valence-corrected chi connectivity index (χ1v) is 12.3. The van der Waals surface area contributed by atoms with E-state index < -0.39 is 10.0 Å². The Hall–Kier alpha value is -2.88. The van der Waals surface area contributed by atoms with Crippen molar-refractivity contribution in [2.75, 3.05) is 31.1 Å². The molecule has 0 aliphatic carbocycles. The van der Waals surface area contributed by atoms with Gasteiger partial charge in [-0.1, -0.05) is 30.3 Å². The number of rotatable bonds is 4. The van der Waals surface area contributed by atoms with Crippen molar-refractivity contribution in [3.63, 3.8) is 0 Å². The highest BCUT2D eigenvalue weighted by Gasteiger charge is 2.29. The van der Waals surface area contributed by atoms with Gasteiger partial charge in [0.25, 0.3) is 0 Å². The minimum Gasteiger partial charge on any atom is -0.352 e. The van der Waals surface area contributed by atoms with Crippen LogP contribution in [0.4, 0.5) is 5.82 Å². The highest BCUT2D eigenvalue weighted by atomic mass is 32.2. The molecule has 7 nitrogen and oxygen atoms in total. The van der Waals surface area contributed by atoms with Crippen LogP contribution in [0.1, 0.15) is 5.01 Å². The molecule has 31 heavy (non-hydrogen) atoms. The van der Waals surface area contributed by atoms with Gasteiger partial charge in [-0.15, -0.1) is 21.5 Å². The van der Waals surface area contributed by atoms with Gasteiger partial charge in [-0.05, 0) is 37.3 Å². The number of aromatic nitrogens is 3. The van der Waals surface area contributed by atoms with Crippen LogP contribution >= 0.6 is 11.3 Å². The van der Waals surface area contributed by atoms with Gasteiger partial charge in [0.1, 0.15) is 0 Å². The van der Waals surface area contributed by atoms with Crippen molar-refractivity contribution in [3.8, 4) is 11.3 Å². The maximum absolute atomic E-state index is 13.1. The number of anilines is 1. The minimum absolute atomic E-state index is 0.323. The summed E-state index contributed by atoms with van der Waals surface area (Å²) in [4.78, 5) is 6.80. The Morgan fingerprint density at radius 2 is 1.68 bits per heavy atom. The summed E-state index contributed by atoms with van der Waals surface area (Å²) < 4.78 is 28.7. The van der Waals surface area contributed by atoms with Gasteiger partial charge in [0.15, 0.2) is 5.82 Å². The van der Waals surface area contributed by atoms with E-state index in [2.05, 4.69) is 20.1 Å². The molecule has 2 aromatic heterocycles. The summed E-state index contributed by atoms with van der Waals surface area (Å²) in [5.41, 5.74) is 2.67. The van der Waals surface area contributed by atoms with E-state index in [4.69, 9.17) is 0 Å². The first-order chi connectivity index (χ1) is 15.0. The average Bonchev–Trinajstić information content (AvgIpc) is 3.19. The lowest BCUT2D eigenvalue weighted by Crippen LogP contribution is -2.48. The van der Waals surface area contributed by atoms with Crippen molar-refractivity contribution in [1.29, 1.82) is 0 Å². The summed E-state index contributed by atoms with van der Waals surface area (Å²) in [6.45, 7) is 3.88. The molecule has 0 atom stereocenters. The average molecular weight is 452 g/mol. The molecule has 158 valence electrons. The molecule has 4 aromatic rings. The van der Waals surface area contributed by atoms with Crippen LogP contribution in [0.15, 0.2) is 65.6 Å². The molecule has 0 bridgehead atoms. The Bertz CT molecular complexity index is 1310. The number of nitrogens with zero attached hydrogens (tertiary/aromatic N) is 5. The third kappa shape index (κ3) is 3.91. The second kappa shape index (κ2) is 7.99. The highest BCUT2D eigenvalue weighted by Crippen LogP contribution is 2.27. The van der Waals surface area contributed by atoms with Crippen molar-refractivity contribution < 1.29 is 8.42 Å². The number of hydrogen-bond donors (Lipinski definition) is 0. The van der Waals surface area contributed by atoms with E-state index in [-0.39, 0.29) is 0 Å². The zero-order valence-electron chi connectivity index (χ0n) is 17.0. The first-order valence-electron chi connectivity index (χ1n) is 10.0. The molecule has 5 rings (SSSR count). The normalized spacial score (nSPS) is 15.5. The molecule has 0 amide bonds.